The summed E-state index contributed by atoms with van der Waals surface area (Å²) >= 11 is 0. The average molecular weight is 297 g/mol. The number of hydrogen-bond acceptors (Lipinski definition) is 2. The summed E-state index contributed by atoms with van der Waals surface area (Å²) in [6, 6.07) is 22.4. The number of nitrogens with zero attached hydrogens (tertiary/aromatic N) is 3. The summed E-state index contributed by atoms with van der Waals surface area (Å²) in [6.07, 6.45) is 7.73. The van der Waals surface area contributed by atoms with Crippen molar-refractivity contribution in [2.75, 3.05) is 0 Å². The van der Waals surface area contributed by atoms with Crippen LogP contribution in [0.1, 0.15) is 11.4 Å². The summed E-state index contributed by atoms with van der Waals surface area (Å²) in [5.41, 5.74) is 4.28. The van der Waals surface area contributed by atoms with Crippen LogP contribution in [-0.2, 0) is 0 Å². The monoisotopic (exact) mass is 297 g/mol. The second-order valence-electron chi connectivity index (χ2n) is 5.24. The van der Waals surface area contributed by atoms with E-state index in [1.165, 1.54) is 0 Å². The summed E-state index contributed by atoms with van der Waals surface area (Å²) in [6.45, 7) is 0. The quantitative estimate of drug-likeness (QED) is 0.553. The smallest absolute Gasteiger partial charge is 0.138 e. The second kappa shape index (κ2) is 5.89. The lowest BCUT2D eigenvalue weighted by molar-refractivity contribution is 1.06. The molecular weight excluding hydrogens is 282 g/mol. The van der Waals surface area contributed by atoms with Gasteiger partial charge in [-0.25, -0.2) is 4.98 Å². The first kappa shape index (κ1) is 13.5. The molecule has 4 aromatic rings. The average Bonchev–Trinajstić information content (AvgIpc) is 3.00. The van der Waals surface area contributed by atoms with Crippen molar-refractivity contribution in [3.05, 3.63) is 90.5 Å². The minimum Gasteiger partial charge on any atom is -0.293 e. The van der Waals surface area contributed by atoms with Gasteiger partial charge >= 0.3 is 0 Å². The van der Waals surface area contributed by atoms with Crippen molar-refractivity contribution in [1.82, 2.24) is 14.5 Å². The Morgan fingerprint density at radius 1 is 0.739 bits per heavy atom. The summed E-state index contributed by atoms with van der Waals surface area (Å²) < 4.78 is 2.15. The Labute approximate surface area is 134 Å². The van der Waals surface area contributed by atoms with E-state index in [4.69, 9.17) is 4.98 Å². The van der Waals surface area contributed by atoms with Gasteiger partial charge in [0.2, 0.25) is 0 Å². The standard InChI is InChI=1S/C20H15N3/c1-2-6-16(7-3-1)10-11-20-22-18-8-4-5-9-19(18)23(20)17-12-14-21-15-13-17/h1-15H. The number of aromatic nitrogens is 3. The van der Waals surface area contributed by atoms with Gasteiger partial charge in [-0.15, -0.1) is 0 Å². The predicted octanol–water partition coefficient (Wildman–Crippen LogP) is 4.59. The van der Waals surface area contributed by atoms with Crippen LogP contribution < -0.4 is 0 Å². The number of imidazole rings is 1. The highest BCUT2D eigenvalue weighted by Crippen LogP contribution is 2.22. The first-order valence-electron chi connectivity index (χ1n) is 7.53. The van der Waals surface area contributed by atoms with E-state index in [1.54, 1.807) is 12.4 Å². The fourth-order valence-corrected chi connectivity index (χ4v) is 2.66. The zero-order valence-corrected chi connectivity index (χ0v) is 12.5. The maximum atomic E-state index is 4.76. The normalized spacial score (nSPS) is 11.3. The Kier molecular flexibility index (Phi) is 3.45. The third kappa shape index (κ3) is 2.64. The molecule has 23 heavy (non-hydrogen) atoms. The van der Waals surface area contributed by atoms with E-state index in [0.29, 0.717) is 0 Å². The molecule has 0 atom stereocenters. The molecule has 0 bridgehead atoms. The molecule has 0 saturated carbocycles. The molecular formula is C20H15N3. The van der Waals surface area contributed by atoms with Crippen molar-refractivity contribution >= 4 is 23.2 Å². The molecule has 0 N–H and O–H groups in total. The van der Waals surface area contributed by atoms with Crippen molar-refractivity contribution < 1.29 is 0 Å². The molecule has 2 heterocycles. The van der Waals surface area contributed by atoms with Gasteiger partial charge in [0, 0.05) is 12.4 Å². The molecule has 4 rings (SSSR count). The lowest BCUT2D eigenvalue weighted by atomic mass is 10.2. The van der Waals surface area contributed by atoms with Crippen molar-refractivity contribution in [2.24, 2.45) is 0 Å². The van der Waals surface area contributed by atoms with E-state index in [0.717, 1.165) is 28.1 Å². The molecule has 0 saturated heterocycles. The van der Waals surface area contributed by atoms with Crippen molar-refractivity contribution in [3.8, 4) is 5.69 Å². The van der Waals surface area contributed by atoms with Crippen LogP contribution >= 0.6 is 0 Å². The predicted molar refractivity (Wildman–Crippen MR) is 94.2 cm³/mol. The largest absolute Gasteiger partial charge is 0.293 e. The molecule has 0 fully saturated rings. The second-order valence-corrected chi connectivity index (χ2v) is 5.24. The fraction of sp³-hybridized carbons (Fsp3) is 0. The van der Waals surface area contributed by atoms with Crippen LogP contribution in [-0.4, -0.2) is 14.5 Å². The SMILES string of the molecule is C(=Cc1nc2ccccc2n1-c1ccncc1)c1ccccc1. The maximum Gasteiger partial charge on any atom is 0.138 e. The van der Waals surface area contributed by atoms with Crippen LogP contribution in [0.2, 0.25) is 0 Å². The van der Waals surface area contributed by atoms with Gasteiger partial charge in [0.1, 0.15) is 5.82 Å². The first-order valence-corrected chi connectivity index (χ1v) is 7.53. The van der Waals surface area contributed by atoms with Gasteiger partial charge in [-0.2, -0.15) is 0 Å². The highest BCUT2D eigenvalue weighted by Gasteiger charge is 2.09. The van der Waals surface area contributed by atoms with Crippen LogP contribution in [0.5, 0.6) is 0 Å². The fourth-order valence-electron chi connectivity index (χ4n) is 2.66. The lowest BCUT2D eigenvalue weighted by Crippen LogP contribution is -1.96. The van der Waals surface area contributed by atoms with Gasteiger partial charge in [-0.05, 0) is 35.9 Å². The van der Waals surface area contributed by atoms with E-state index in [2.05, 4.69) is 39.9 Å². The number of fused-ring (bicyclic) bond motifs is 1. The highest BCUT2D eigenvalue weighted by molar-refractivity contribution is 5.82. The molecule has 0 spiro atoms. The Balaban J connectivity index is 1.88. The molecule has 0 unspecified atom stereocenters. The van der Waals surface area contributed by atoms with Crippen LogP contribution in [0.25, 0.3) is 28.9 Å². The van der Waals surface area contributed by atoms with Gasteiger partial charge in [-0.3, -0.25) is 9.55 Å². The van der Waals surface area contributed by atoms with Crippen molar-refractivity contribution in [1.29, 1.82) is 0 Å². The Bertz CT molecular complexity index is 954. The van der Waals surface area contributed by atoms with E-state index < -0.39 is 0 Å². The number of para-hydroxylation sites is 2. The van der Waals surface area contributed by atoms with Gasteiger partial charge in [0.15, 0.2) is 0 Å². The molecule has 0 aliphatic rings. The molecule has 0 aliphatic heterocycles. The van der Waals surface area contributed by atoms with Crippen LogP contribution in [0.15, 0.2) is 79.1 Å². The molecule has 2 aromatic carbocycles. The Morgan fingerprint density at radius 2 is 1.48 bits per heavy atom. The van der Waals surface area contributed by atoms with Crippen LogP contribution in [0.4, 0.5) is 0 Å². The molecule has 3 heteroatoms. The van der Waals surface area contributed by atoms with Crippen molar-refractivity contribution in [3.63, 3.8) is 0 Å². The van der Waals surface area contributed by atoms with Crippen LogP contribution in [0.3, 0.4) is 0 Å². The van der Waals surface area contributed by atoms with Crippen LogP contribution in [0, 0.1) is 0 Å². The third-order valence-corrected chi connectivity index (χ3v) is 3.73. The summed E-state index contributed by atoms with van der Waals surface area (Å²) in [4.78, 5) is 8.87. The molecule has 0 amide bonds. The van der Waals surface area contributed by atoms with Gasteiger partial charge in [-0.1, -0.05) is 48.5 Å². The Morgan fingerprint density at radius 3 is 2.30 bits per heavy atom. The number of benzene rings is 2. The summed E-state index contributed by atoms with van der Waals surface area (Å²) in [7, 11) is 0. The molecule has 0 radical (unpaired) electrons. The van der Waals surface area contributed by atoms with Crippen molar-refractivity contribution in [2.45, 2.75) is 0 Å². The number of rotatable bonds is 3. The van der Waals surface area contributed by atoms with E-state index in [1.807, 2.05) is 48.5 Å². The number of pyridine rings is 1. The van der Waals surface area contributed by atoms with Gasteiger partial charge < -0.3 is 0 Å². The van der Waals surface area contributed by atoms with E-state index in [9.17, 15) is 0 Å². The summed E-state index contributed by atoms with van der Waals surface area (Å²) in [5.74, 6) is 0.904. The number of hydrogen-bond donors (Lipinski definition) is 0. The molecule has 110 valence electrons. The van der Waals surface area contributed by atoms with E-state index in [-0.39, 0.29) is 0 Å². The zero-order valence-electron chi connectivity index (χ0n) is 12.5. The topological polar surface area (TPSA) is 30.7 Å². The molecule has 0 aliphatic carbocycles. The lowest BCUT2D eigenvalue weighted by Gasteiger charge is -2.06. The maximum absolute atomic E-state index is 4.76. The minimum absolute atomic E-state index is 0.904. The van der Waals surface area contributed by atoms with Gasteiger partial charge in [0.05, 0.1) is 16.7 Å². The Hall–Kier alpha value is -3.20. The molecule has 3 nitrogen and oxygen atoms in total. The molecule has 2 aromatic heterocycles. The van der Waals surface area contributed by atoms with Gasteiger partial charge in [0.25, 0.3) is 0 Å². The zero-order chi connectivity index (χ0) is 15.5. The van der Waals surface area contributed by atoms with E-state index >= 15 is 0 Å². The minimum atomic E-state index is 0.904. The summed E-state index contributed by atoms with van der Waals surface area (Å²) in [5, 5.41) is 0. The highest BCUT2D eigenvalue weighted by atomic mass is 15.1. The first-order chi connectivity index (χ1) is 11.4. The third-order valence-electron chi connectivity index (χ3n) is 3.73.